The predicted octanol–water partition coefficient (Wildman–Crippen LogP) is 1.32. The van der Waals surface area contributed by atoms with Crippen LogP contribution in [0, 0.1) is 6.92 Å². The van der Waals surface area contributed by atoms with Crippen LogP contribution in [0.25, 0.3) is 0 Å². The molecule has 1 aromatic carbocycles. The molecule has 5 heteroatoms. The monoisotopic (exact) mass is 272 g/mol. The normalized spacial score (nSPS) is 25.7. The lowest BCUT2D eigenvalue weighted by molar-refractivity contribution is -0.137. The highest BCUT2D eigenvalue weighted by atomic mass is 16.2. The molecular formula is C15H16N2O3. The van der Waals surface area contributed by atoms with E-state index in [0.29, 0.717) is 12.0 Å². The van der Waals surface area contributed by atoms with E-state index >= 15 is 0 Å². The van der Waals surface area contributed by atoms with Crippen molar-refractivity contribution in [1.29, 1.82) is 0 Å². The second-order valence-corrected chi connectivity index (χ2v) is 5.39. The topological polar surface area (TPSA) is 66.5 Å². The quantitative estimate of drug-likeness (QED) is 0.784. The third kappa shape index (κ3) is 1.73. The van der Waals surface area contributed by atoms with E-state index in [0.717, 1.165) is 11.1 Å². The Balaban J connectivity index is 1.98. The van der Waals surface area contributed by atoms with Gasteiger partial charge in [-0.1, -0.05) is 12.1 Å². The Morgan fingerprint density at radius 3 is 2.65 bits per heavy atom. The van der Waals surface area contributed by atoms with Crippen LogP contribution in [0.15, 0.2) is 18.2 Å². The number of carbonyl (C=O) groups excluding carboxylic acids is 3. The van der Waals surface area contributed by atoms with Crippen LogP contribution in [-0.2, 0) is 9.59 Å². The highest BCUT2D eigenvalue weighted by Crippen LogP contribution is 2.38. The van der Waals surface area contributed by atoms with Gasteiger partial charge in [-0.3, -0.25) is 19.7 Å². The lowest BCUT2D eigenvalue weighted by Crippen LogP contribution is -2.53. The number of rotatable bonds is 1. The summed E-state index contributed by atoms with van der Waals surface area (Å²) in [6, 6.07) is 4.93. The molecule has 0 bridgehead atoms. The minimum absolute atomic E-state index is 0.120. The Labute approximate surface area is 116 Å². The van der Waals surface area contributed by atoms with Crippen LogP contribution >= 0.6 is 0 Å². The second kappa shape index (κ2) is 4.44. The number of fused-ring (bicyclic) bond motifs is 1. The molecule has 1 fully saturated rings. The van der Waals surface area contributed by atoms with E-state index in [-0.39, 0.29) is 30.2 Å². The average Bonchev–Trinajstić information content (AvgIpc) is 2.64. The number of benzene rings is 1. The summed E-state index contributed by atoms with van der Waals surface area (Å²) in [5, 5.41) is 2.32. The fourth-order valence-corrected chi connectivity index (χ4v) is 3.23. The van der Waals surface area contributed by atoms with E-state index in [1.807, 2.05) is 26.0 Å². The third-order valence-corrected chi connectivity index (χ3v) is 4.17. The van der Waals surface area contributed by atoms with Crippen molar-refractivity contribution < 1.29 is 14.4 Å². The van der Waals surface area contributed by atoms with Crippen molar-refractivity contribution in [3.63, 3.8) is 0 Å². The van der Waals surface area contributed by atoms with Crippen molar-refractivity contribution in [2.24, 2.45) is 0 Å². The van der Waals surface area contributed by atoms with Gasteiger partial charge in [0, 0.05) is 12.0 Å². The van der Waals surface area contributed by atoms with Gasteiger partial charge >= 0.3 is 0 Å². The maximum Gasteiger partial charge on any atom is 0.255 e. The van der Waals surface area contributed by atoms with Crippen molar-refractivity contribution in [3.8, 4) is 0 Å². The van der Waals surface area contributed by atoms with Gasteiger partial charge in [-0.25, -0.2) is 0 Å². The second-order valence-electron chi connectivity index (χ2n) is 5.39. The molecule has 1 saturated heterocycles. The van der Waals surface area contributed by atoms with Crippen LogP contribution in [0.4, 0.5) is 0 Å². The van der Waals surface area contributed by atoms with Gasteiger partial charge in [-0.05, 0) is 37.5 Å². The largest absolute Gasteiger partial charge is 0.320 e. The Bertz CT molecular complexity index is 624. The van der Waals surface area contributed by atoms with Crippen LogP contribution < -0.4 is 5.32 Å². The summed E-state index contributed by atoms with van der Waals surface area (Å²) in [5.74, 6) is -0.753. The molecule has 1 aromatic rings. The standard InChI is InChI=1S/C15H16N2O3/c1-8-4-3-5-10-13(8)9(2)17(15(10)20)11-6-7-12(18)16-14(11)19/h3-5,9,11H,6-7H2,1-2H3,(H,16,18,19). The zero-order chi connectivity index (χ0) is 14.4. The van der Waals surface area contributed by atoms with Gasteiger partial charge in [-0.2, -0.15) is 0 Å². The van der Waals surface area contributed by atoms with Gasteiger partial charge in [-0.15, -0.1) is 0 Å². The molecule has 3 rings (SSSR count). The fourth-order valence-electron chi connectivity index (χ4n) is 3.23. The maximum absolute atomic E-state index is 12.5. The minimum atomic E-state index is -0.554. The van der Waals surface area contributed by atoms with E-state index in [1.54, 1.807) is 11.0 Å². The van der Waals surface area contributed by atoms with E-state index in [1.165, 1.54) is 0 Å². The lowest BCUT2D eigenvalue weighted by atomic mass is 9.99. The van der Waals surface area contributed by atoms with Crippen LogP contribution in [0.5, 0.6) is 0 Å². The highest BCUT2D eigenvalue weighted by Gasteiger charge is 2.43. The van der Waals surface area contributed by atoms with Gasteiger partial charge in [0.15, 0.2) is 0 Å². The van der Waals surface area contributed by atoms with Crippen molar-refractivity contribution >= 4 is 17.7 Å². The fraction of sp³-hybridized carbons (Fsp3) is 0.400. The molecule has 0 saturated carbocycles. The summed E-state index contributed by atoms with van der Waals surface area (Å²) in [4.78, 5) is 37.4. The van der Waals surface area contributed by atoms with Crippen LogP contribution in [0.1, 0.15) is 47.3 Å². The molecule has 0 radical (unpaired) electrons. The van der Waals surface area contributed by atoms with Crippen LogP contribution in [-0.4, -0.2) is 28.7 Å². The van der Waals surface area contributed by atoms with Gasteiger partial charge in [0.25, 0.3) is 5.91 Å². The Morgan fingerprint density at radius 1 is 1.25 bits per heavy atom. The Hall–Kier alpha value is -2.17. The maximum atomic E-state index is 12.5. The Morgan fingerprint density at radius 2 is 2.00 bits per heavy atom. The van der Waals surface area contributed by atoms with Crippen molar-refractivity contribution in [2.45, 2.75) is 38.8 Å². The molecule has 5 nitrogen and oxygen atoms in total. The number of carbonyl (C=O) groups is 3. The number of nitrogens with zero attached hydrogens (tertiary/aromatic N) is 1. The number of nitrogens with one attached hydrogen (secondary N) is 1. The number of hydrogen-bond donors (Lipinski definition) is 1. The summed E-state index contributed by atoms with van der Waals surface area (Å²) in [6.45, 7) is 3.90. The molecule has 0 spiro atoms. The van der Waals surface area contributed by atoms with Gasteiger partial charge in [0.05, 0.1) is 6.04 Å². The molecule has 2 heterocycles. The summed E-state index contributed by atoms with van der Waals surface area (Å²) in [5.41, 5.74) is 2.71. The van der Waals surface area contributed by atoms with Gasteiger partial charge in [0.1, 0.15) is 6.04 Å². The van der Waals surface area contributed by atoms with Gasteiger partial charge < -0.3 is 4.90 Å². The van der Waals surface area contributed by atoms with E-state index in [9.17, 15) is 14.4 Å². The number of amides is 3. The third-order valence-electron chi connectivity index (χ3n) is 4.17. The molecule has 1 N–H and O–H groups in total. The number of imide groups is 1. The molecule has 2 atom stereocenters. The predicted molar refractivity (Wildman–Crippen MR) is 71.9 cm³/mol. The van der Waals surface area contributed by atoms with E-state index < -0.39 is 6.04 Å². The smallest absolute Gasteiger partial charge is 0.255 e. The molecule has 104 valence electrons. The van der Waals surface area contributed by atoms with Gasteiger partial charge in [0.2, 0.25) is 11.8 Å². The first-order valence-electron chi connectivity index (χ1n) is 6.76. The summed E-state index contributed by atoms with van der Waals surface area (Å²) < 4.78 is 0. The summed E-state index contributed by atoms with van der Waals surface area (Å²) in [6.07, 6.45) is 0.677. The Kier molecular flexibility index (Phi) is 2.85. The average molecular weight is 272 g/mol. The zero-order valence-corrected chi connectivity index (χ0v) is 11.5. The van der Waals surface area contributed by atoms with Crippen molar-refractivity contribution in [2.75, 3.05) is 0 Å². The first kappa shape index (κ1) is 12.8. The molecule has 0 aliphatic carbocycles. The molecule has 2 unspecified atom stereocenters. The van der Waals surface area contributed by atoms with E-state index in [2.05, 4.69) is 5.32 Å². The van der Waals surface area contributed by atoms with Crippen LogP contribution in [0.3, 0.4) is 0 Å². The molecule has 3 amide bonds. The molecule has 2 aliphatic rings. The lowest BCUT2D eigenvalue weighted by Gasteiger charge is -2.33. The van der Waals surface area contributed by atoms with E-state index in [4.69, 9.17) is 0 Å². The number of piperidine rings is 1. The van der Waals surface area contributed by atoms with Crippen molar-refractivity contribution in [1.82, 2.24) is 10.2 Å². The number of hydrogen-bond acceptors (Lipinski definition) is 3. The number of aryl methyl sites for hydroxylation is 1. The molecule has 2 aliphatic heterocycles. The molecule has 0 aromatic heterocycles. The highest BCUT2D eigenvalue weighted by molar-refractivity contribution is 6.06. The molecular weight excluding hydrogens is 256 g/mol. The molecule has 20 heavy (non-hydrogen) atoms. The first-order valence-corrected chi connectivity index (χ1v) is 6.76. The van der Waals surface area contributed by atoms with Crippen molar-refractivity contribution in [3.05, 3.63) is 34.9 Å². The summed E-state index contributed by atoms with van der Waals surface area (Å²) >= 11 is 0. The SMILES string of the molecule is Cc1cccc2c1C(C)N(C1CCC(=O)NC1=O)C2=O. The summed E-state index contributed by atoms with van der Waals surface area (Å²) in [7, 11) is 0. The van der Waals surface area contributed by atoms with Crippen LogP contribution in [0.2, 0.25) is 0 Å². The first-order chi connectivity index (χ1) is 9.50. The minimum Gasteiger partial charge on any atom is -0.320 e. The zero-order valence-electron chi connectivity index (χ0n) is 11.5.